The molecule has 1 N–H and O–H groups in total. The summed E-state index contributed by atoms with van der Waals surface area (Å²) >= 11 is 0. The van der Waals surface area contributed by atoms with Crippen molar-refractivity contribution in [2.45, 2.75) is 33.1 Å². The molecule has 0 spiro atoms. The first kappa shape index (κ1) is 17.8. The molecule has 0 saturated heterocycles. The fraction of sp³-hybridized carbons (Fsp3) is 0.667. The quantitative estimate of drug-likeness (QED) is 0.523. The Labute approximate surface area is 113 Å². The van der Waals surface area contributed by atoms with Crippen molar-refractivity contribution in [2.24, 2.45) is 0 Å². The number of hydrogen-bond acceptors (Lipinski definition) is 4. The van der Waals surface area contributed by atoms with E-state index < -0.39 is 16.2 Å². The van der Waals surface area contributed by atoms with Crippen LogP contribution in [0.25, 0.3) is 0 Å². The minimum absolute atomic E-state index is 0.949. The number of allylic oxidation sites excluding steroid dienone is 2. The molecule has 0 radical (unpaired) electrons. The molecule has 0 rings (SSSR count). The third-order valence-electron chi connectivity index (χ3n) is 2.81. The Balaban J connectivity index is 5.16. The Kier molecular flexibility index (Phi) is 8.67. The molecule has 106 valence electrons. The minimum Gasteiger partial charge on any atom is -0.422 e. The first-order valence-corrected chi connectivity index (χ1v) is 11.1. The summed E-state index contributed by atoms with van der Waals surface area (Å²) in [5.41, 5.74) is 3.64. The van der Waals surface area contributed by atoms with Crippen molar-refractivity contribution < 1.29 is 18.1 Å². The van der Waals surface area contributed by atoms with Gasteiger partial charge in [0.05, 0.1) is 0 Å². The molecule has 0 aromatic carbocycles. The summed E-state index contributed by atoms with van der Waals surface area (Å²) in [7, 11) is -1.41. The zero-order valence-electron chi connectivity index (χ0n) is 12.1. The van der Waals surface area contributed by atoms with Crippen LogP contribution in [0.1, 0.15) is 33.1 Å². The van der Waals surface area contributed by atoms with E-state index in [0.29, 0.717) is 0 Å². The summed E-state index contributed by atoms with van der Waals surface area (Å²) in [6, 6.07) is 0. The minimum atomic E-state index is -3.03. The Bertz CT molecular complexity index is 269. The highest BCUT2D eigenvalue weighted by molar-refractivity contribution is 7.36. The lowest BCUT2D eigenvalue weighted by Gasteiger charge is -2.33. The lowest BCUT2D eigenvalue weighted by molar-refractivity contribution is 0.140. The molecule has 0 bridgehead atoms. The van der Waals surface area contributed by atoms with E-state index in [1.807, 2.05) is 24.8 Å². The van der Waals surface area contributed by atoms with Crippen LogP contribution in [0.4, 0.5) is 0 Å². The van der Waals surface area contributed by atoms with Crippen LogP contribution >= 0.6 is 0 Å². The van der Waals surface area contributed by atoms with Crippen LogP contribution in [0.3, 0.4) is 0 Å². The van der Waals surface area contributed by atoms with Gasteiger partial charge in [-0.1, -0.05) is 43.3 Å². The third-order valence-corrected chi connectivity index (χ3v) is 12.8. The summed E-state index contributed by atoms with van der Waals surface area (Å²) in [4.78, 5) is 10.9. The van der Waals surface area contributed by atoms with Gasteiger partial charge in [0.1, 0.15) is 0 Å². The van der Waals surface area contributed by atoms with Crippen LogP contribution in [0.15, 0.2) is 23.6 Å². The molecule has 0 aromatic rings. The van der Waals surface area contributed by atoms with Crippen molar-refractivity contribution in [3.63, 3.8) is 0 Å². The van der Waals surface area contributed by atoms with Gasteiger partial charge in [-0.2, -0.15) is 0 Å². The van der Waals surface area contributed by atoms with Crippen LogP contribution in [0.2, 0.25) is 0 Å². The highest BCUT2D eigenvalue weighted by Gasteiger charge is 2.59. The largest absolute Gasteiger partial charge is 0.512 e. The van der Waals surface area contributed by atoms with Gasteiger partial charge in [0.15, 0.2) is 0 Å². The first-order valence-electron chi connectivity index (χ1n) is 6.25. The molecule has 0 aliphatic rings. The van der Waals surface area contributed by atoms with E-state index in [4.69, 9.17) is 13.3 Å². The Hall–Kier alpha value is -0.246. The first-order chi connectivity index (χ1) is 8.55. The van der Waals surface area contributed by atoms with E-state index in [0.717, 1.165) is 19.3 Å². The summed E-state index contributed by atoms with van der Waals surface area (Å²) in [5.74, 6) is 0. The predicted molar refractivity (Wildman–Crippen MR) is 78.2 cm³/mol. The third kappa shape index (κ3) is 4.15. The lowest BCUT2D eigenvalue weighted by Crippen LogP contribution is -2.66. The van der Waals surface area contributed by atoms with Gasteiger partial charge in [0, 0.05) is 21.3 Å². The summed E-state index contributed by atoms with van der Waals surface area (Å²) in [5, 5.41) is 0. The van der Waals surface area contributed by atoms with Crippen molar-refractivity contribution in [3.05, 3.63) is 23.6 Å². The van der Waals surface area contributed by atoms with Crippen LogP contribution in [-0.4, -0.2) is 42.3 Å². The highest BCUT2D eigenvalue weighted by atomic mass is 29.3. The maximum absolute atomic E-state index is 10.9. The molecular formula is C12H26O4Si2. The number of unbranched alkanes of at least 4 members (excludes halogenated alkanes) is 2. The molecule has 4 nitrogen and oxygen atoms in total. The van der Waals surface area contributed by atoms with Crippen molar-refractivity contribution in [2.75, 3.05) is 21.3 Å². The molecule has 0 fully saturated rings. The van der Waals surface area contributed by atoms with Crippen molar-refractivity contribution in [1.82, 2.24) is 0 Å². The van der Waals surface area contributed by atoms with E-state index in [-0.39, 0.29) is 0 Å². The molecule has 6 heteroatoms. The molecule has 18 heavy (non-hydrogen) atoms. The summed E-state index contributed by atoms with van der Waals surface area (Å²) < 4.78 is 16.2. The molecule has 0 heterocycles. The number of rotatable bonds is 9. The SMILES string of the molecule is CC=C[Si](O)(C=CCCCC)[Si](OC)(OC)OC. The second-order valence-electron chi connectivity index (χ2n) is 4.04. The van der Waals surface area contributed by atoms with Gasteiger partial charge < -0.3 is 18.1 Å². The van der Waals surface area contributed by atoms with Gasteiger partial charge >= 0.3 is 16.2 Å². The average Bonchev–Trinajstić information content (AvgIpc) is 2.38. The van der Waals surface area contributed by atoms with Gasteiger partial charge in [0.2, 0.25) is 0 Å². The van der Waals surface area contributed by atoms with Gasteiger partial charge in [0.25, 0.3) is 0 Å². The Morgan fingerprint density at radius 1 is 1.06 bits per heavy atom. The van der Waals surface area contributed by atoms with Crippen LogP contribution in [0.5, 0.6) is 0 Å². The van der Waals surface area contributed by atoms with Crippen molar-refractivity contribution >= 4 is 16.2 Å². The van der Waals surface area contributed by atoms with Gasteiger partial charge in [-0.3, -0.25) is 0 Å². The van der Waals surface area contributed by atoms with Crippen LogP contribution in [0, 0.1) is 0 Å². The smallest absolute Gasteiger partial charge is 0.422 e. The van der Waals surface area contributed by atoms with E-state index in [2.05, 4.69) is 6.92 Å². The van der Waals surface area contributed by atoms with Crippen LogP contribution in [-0.2, 0) is 13.3 Å². The molecule has 1 unspecified atom stereocenters. The zero-order valence-corrected chi connectivity index (χ0v) is 14.1. The predicted octanol–water partition coefficient (Wildman–Crippen LogP) is 2.28. The zero-order chi connectivity index (χ0) is 14.1. The molecule has 0 aliphatic carbocycles. The topological polar surface area (TPSA) is 47.9 Å². The second kappa shape index (κ2) is 8.79. The molecular weight excluding hydrogens is 264 g/mol. The number of hydrogen-bond donors (Lipinski definition) is 1. The fourth-order valence-electron chi connectivity index (χ4n) is 1.84. The van der Waals surface area contributed by atoms with Crippen molar-refractivity contribution in [1.29, 1.82) is 0 Å². The van der Waals surface area contributed by atoms with E-state index in [9.17, 15) is 4.80 Å². The Morgan fingerprint density at radius 2 is 1.61 bits per heavy atom. The lowest BCUT2D eigenvalue weighted by atomic mass is 10.2. The molecule has 0 amide bonds. The van der Waals surface area contributed by atoms with E-state index in [1.54, 1.807) is 5.70 Å². The van der Waals surface area contributed by atoms with E-state index in [1.165, 1.54) is 21.3 Å². The monoisotopic (exact) mass is 290 g/mol. The van der Waals surface area contributed by atoms with Gasteiger partial charge in [-0.05, 0) is 13.3 Å². The molecule has 0 aromatic heterocycles. The normalized spacial score (nSPS) is 16.6. The maximum atomic E-state index is 10.9. The summed E-state index contributed by atoms with van der Waals surface area (Å²) in [6.07, 6.45) is 7.03. The van der Waals surface area contributed by atoms with Gasteiger partial charge in [-0.25, -0.2) is 0 Å². The fourth-order valence-corrected chi connectivity index (χ4v) is 9.89. The summed E-state index contributed by atoms with van der Waals surface area (Å²) in [6.45, 7) is 4.01. The molecule has 0 saturated carbocycles. The molecule has 0 aliphatic heterocycles. The van der Waals surface area contributed by atoms with E-state index >= 15 is 0 Å². The van der Waals surface area contributed by atoms with Gasteiger partial charge in [-0.15, -0.1) is 0 Å². The second-order valence-corrected chi connectivity index (χ2v) is 12.9. The van der Waals surface area contributed by atoms with Crippen molar-refractivity contribution in [3.8, 4) is 0 Å². The highest BCUT2D eigenvalue weighted by Crippen LogP contribution is 2.22. The van der Waals surface area contributed by atoms with Crippen LogP contribution < -0.4 is 0 Å². The molecule has 1 atom stereocenters. The Morgan fingerprint density at radius 3 is 2.00 bits per heavy atom. The maximum Gasteiger partial charge on any atom is 0.512 e. The average molecular weight is 291 g/mol. The standard InChI is InChI=1S/C12H26O4Si2/c1-6-8-9-10-12-17(13,11-7-2)18(14-3,15-4)16-5/h7,10-13H,6,8-9H2,1-5H3.